The monoisotopic (exact) mass is 407 g/mol. The molecule has 9 heteroatoms. The molecule has 1 aromatic carbocycles. The van der Waals surface area contributed by atoms with Gasteiger partial charge in [0, 0.05) is 18.5 Å². The smallest absolute Gasteiger partial charge is 0.303 e. The molecule has 0 heterocycles. The third-order valence-corrected chi connectivity index (χ3v) is 4.22. The van der Waals surface area contributed by atoms with E-state index in [2.05, 4.69) is 16.0 Å². The first kappa shape index (κ1) is 24.1. The van der Waals surface area contributed by atoms with Gasteiger partial charge in [0.1, 0.15) is 12.1 Å². The van der Waals surface area contributed by atoms with Crippen molar-refractivity contribution in [3.05, 3.63) is 29.8 Å². The van der Waals surface area contributed by atoms with Gasteiger partial charge in [0.2, 0.25) is 17.7 Å². The van der Waals surface area contributed by atoms with E-state index < -0.39 is 35.8 Å². The number of anilines is 1. The van der Waals surface area contributed by atoms with Gasteiger partial charge in [-0.3, -0.25) is 19.2 Å². The lowest BCUT2D eigenvalue weighted by Gasteiger charge is -2.24. The Morgan fingerprint density at radius 3 is 2.07 bits per heavy atom. The topological polar surface area (TPSA) is 145 Å². The van der Waals surface area contributed by atoms with Crippen molar-refractivity contribution in [2.24, 2.45) is 5.92 Å². The van der Waals surface area contributed by atoms with Gasteiger partial charge >= 0.3 is 5.97 Å². The van der Waals surface area contributed by atoms with Crippen molar-refractivity contribution in [1.82, 2.24) is 10.6 Å². The van der Waals surface area contributed by atoms with E-state index in [9.17, 15) is 19.2 Å². The molecule has 0 spiro atoms. The van der Waals surface area contributed by atoms with Crippen LogP contribution in [0.1, 0.15) is 45.6 Å². The molecule has 0 fully saturated rings. The number of benzene rings is 1. The summed E-state index contributed by atoms with van der Waals surface area (Å²) < 4.78 is 0. The van der Waals surface area contributed by atoms with E-state index in [0.717, 1.165) is 0 Å². The second-order valence-corrected chi connectivity index (χ2v) is 7.11. The van der Waals surface area contributed by atoms with Crippen LogP contribution in [-0.4, -0.2) is 46.0 Å². The second kappa shape index (κ2) is 11.8. The van der Waals surface area contributed by atoms with E-state index in [1.807, 2.05) is 0 Å². The molecule has 0 saturated heterocycles. The Morgan fingerprint density at radius 2 is 1.55 bits per heavy atom. The number of carbonyl (C=O) groups is 4. The number of carbonyl (C=O) groups excluding carboxylic acids is 3. The van der Waals surface area contributed by atoms with Gasteiger partial charge in [-0.15, -0.1) is 0 Å². The summed E-state index contributed by atoms with van der Waals surface area (Å²) in [5, 5.41) is 25.5. The molecule has 0 radical (unpaired) electrons. The molecule has 9 nitrogen and oxygen atoms in total. The lowest BCUT2D eigenvalue weighted by Crippen LogP contribution is -2.53. The predicted octanol–water partition coefficient (Wildman–Crippen LogP) is 1.02. The molecule has 0 unspecified atom stereocenters. The number of hydrogen-bond donors (Lipinski definition) is 5. The number of rotatable bonds is 11. The number of carboxylic acid groups (broad SMARTS) is 1. The summed E-state index contributed by atoms with van der Waals surface area (Å²) >= 11 is 0. The van der Waals surface area contributed by atoms with Crippen LogP contribution in [-0.2, 0) is 25.8 Å². The molecule has 1 rings (SSSR count). The fourth-order valence-electron chi connectivity index (χ4n) is 2.49. The van der Waals surface area contributed by atoms with Crippen molar-refractivity contribution in [3.8, 4) is 0 Å². The molecule has 0 saturated carbocycles. The Bertz CT molecular complexity index is 717. The molecule has 0 aliphatic heterocycles. The van der Waals surface area contributed by atoms with Gasteiger partial charge in [-0.2, -0.15) is 0 Å². The average molecular weight is 407 g/mol. The minimum atomic E-state index is -0.984. The number of carboxylic acids is 1. The molecular weight excluding hydrogens is 378 g/mol. The van der Waals surface area contributed by atoms with E-state index in [4.69, 9.17) is 10.2 Å². The maximum Gasteiger partial charge on any atom is 0.303 e. The second-order valence-electron chi connectivity index (χ2n) is 7.11. The van der Waals surface area contributed by atoms with Crippen LogP contribution in [0.4, 0.5) is 5.69 Å². The lowest BCUT2D eigenvalue weighted by molar-refractivity contribution is -0.137. The van der Waals surface area contributed by atoms with Gasteiger partial charge in [-0.25, -0.2) is 0 Å². The number of amides is 3. The van der Waals surface area contributed by atoms with Crippen molar-refractivity contribution in [1.29, 1.82) is 0 Å². The molecule has 5 N–H and O–H groups in total. The van der Waals surface area contributed by atoms with E-state index in [0.29, 0.717) is 11.3 Å². The van der Waals surface area contributed by atoms with Crippen LogP contribution in [0, 0.1) is 5.92 Å². The third kappa shape index (κ3) is 8.73. The Hall–Kier alpha value is -2.94. The van der Waals surface area contributed by atoms with Crippen LogP contribution in [0.5, 0.6) is 0 Å². The number of aliphatic carboxylic acids is 1. The van der Waals surface area contributed by atoms with Gasteiger partial charge in [0.05, 0.1) is 6.61 Å². The van der Waals surface area contributed by atoms with Crippen molar-refractivity contribution in [2.45, 2.75) is 58.7 Å². The quantitative estimate of drug-likeness (QED) is 0.370. The van der Waals surface area contributed by atoms with Crippen molar-refractivity contribution in [2.75, 3.05) is 5.32 Å². The number of hydrogen-bond acceptors (Lipinski definition) is 5. The highest BCUT2D eigenvalue weighted by Crippen LogP contribution is 2.10. The van der Waals surface area contributed by atoms with Crippen LogP contribution in [0.2, 0.25) is 0 Å². The minimum absolute atomic E-state index is 0.00265. The van der Waals surface area contributed by atoms with Gasteiger partial charge in [0.25, 0.3) is 0 Å². The summed E-state index contributed by atoms with van der Waals surface area (Å²) in [6.07, 6.45) is 0.0621. The number of aliphatic hydroxyl groups excluding tert-OH is 1. The van der Waals surface area contributed by atoms with Gasteiger partial charge < -0.3 is 26.2 Å². The number of nitrogens with one attached hydrogen (secondary N) is 3. The van der Waals surface area contributed by atoms with E-state index >= 15 is 0 Å². The summed E-state index contributed by atoms with van der Waals surface area (Å²) in [4.78, 5) is 47.3. The molecule has 0 aliphatic carbocycles. The molecule has 160 valence electrons. The molecule has 3 amide bonds. The fraction of sp³-hybridized carbons (Fsp3) is 0.500. The zero-order chi connectivity index (χ0) is 22.0. The highest BCUT2D eigenvalue weighted by Gasteiger charge is 2.26. The Kier molecular flexibility index (Phi) is 9.81. The van der Waals surface area contributed by atoms with E-state index in [1.165, 1.54) is 6.92 Å². The first-order valence-electron chi connectivity index (χ1n) is 9.46. The largest absolute Gasteiger partial charge is 0.481 e. The predicted molar refractivity (Wildman–Crippen MR) is 107 cm³/mol. The molecule has 0 bridgehead atoms. The van der Waals surface area contributed by atoms with Crippen LogP contribution in [0.3, 0.4) is 0 Å². The standard InChI is InChI=1S/C20H29N3O6/c1-12(2)18(23-16(25)5-4-6-17(26)27)20(29)21-13(3)19(28)22-15-9-7-14(11-24)8-10-15/h7-10,12-13,18,24H,4-6,11H2,1-3H3,(H,21,29)(H,22,28)(H,23,25)(H,26,27)/t13-,18-/m0/s1. The molecule has 29 heavy (non-hydrogen) atoms. The fourth-order valence-corrected chi connectivity index (χ4v) is 2.49. The van der Waals surface area contributed by atoms with E-state index in [-0.39, 0.29) is 31.8 Å². The highest BCUT2D eigenvalue weighted by atomic mass is 16.4. The molecule has 0 aromatic heterocycles. The van der Waals surface area contributed by atoms with Crippen molar-refractivity contribution >= 4 is 29.4 Å². The third-order valence-electron chi connectivity index (χ3n) is 4.22. The molecule has 0 aliphatic rings. The summed E-state index contributed by atoms with van der Waals surface area (Å²) in [5.41, 5.74) is 1.24. The summed E-state index contributed by atoms with van der Waals surface area (Å²) in [6, 6.07) is 4.95. The molecule has 2 atom stereocenters. The normalized spacial score (nSPS) is 12.7. The zero-order valence-electron chi connectivity index (χ0n) is 16.9. The first-order valence-corrected chi connectivity index (χ1v) is 9.46. The zero-order valence-corrected chi connectivity index (χ0v) is 16.9. The summed E-state index contributed by atoms with van der Waals surface area (Å²) in [5.74, 6) is -2.54. The van der Waals surface area contributed by atoms with Crippen LogP contribution in [0.15, 0.2) is 24.3 Å². The Labute approximate surface area is 169 Å². The summed E-state index contributed by atoms with van der Waals surface area (Å²) in [7, 11) is 0. The summed E-state index contributed by atoms with van der Waals surface area (Å²) in [6.45, 7) is 4.95. The van der Waals surface area contributed by atoms with Crippen LogP contribution < -0.4 is 16.0 Å². The number of aliphatic hydroxyl groups is 1. The van der Waals surface area contributed by atoms with Crippen molar-refractivity contribution in [3.63, 3.8) is 0 Å². The maximum atomic E-state index is 12.5. The van der Waals surface area contributed by atoms with Gasteiger partial charge in [0.15, 0.2) is 0 Å². The average Bonchev–Trinajstić information content (AvgIpc) is 2.65. The van der Waals surface area contributed by atoms with Gasteiger partial charge in [-0.05, 0) is 37.0 Å². The highest BCUT2D eigenvalue weighted by molar-refractivity contribution is 5.98. The minimum Gasteiger partial charge on any atom is -0.481 e. The van der Waals surface area contributed by atoms with Crippen molar-refractivity contribution < 1.29 is 29.4 Å². The molecule has 1 aromatic rings. The Balaban J connectivity index is 2.59. The maximum absolute atomic E-state index is 12.5. The van der Waals surface area contributed by atoms with E-state index in [1.54, 1.807) is 38.1 Å². The first-order chi connectivity index (χ1) is 13.6. The van der Waals surface area contributed by atoms with Crippen LogP contribution in [0.25, 0.3) is 0 Å². The SMILES string of the molecule is CC(C)[C@H](NC(=O)CCCC(=O)O)C(=O)N[C@@H](C)C(=O)Nc1ccc(CO)cc1. The molecular formula is C20H29N3O6. The Morgan fingerprint density at radius 1 is 0.931 bits per heavy atom. The van der Waals surface area contributed by atoms with Crippen LogP contribution >= 0.6 is 0 Å². The lowest BCUT2D eigenvalue weighted by atomic mass is 10.0. The van der Waals surface area contributed by atoms with Gasteiger partial charge in [-0.1, -0.05) is 26.0 Å².